The normalized spacial score (nSPS) is 14.2. The number of hydrogen-bond donors (Lipinski definition) is 3. The molecule has 1 aromatic carbocycles. The first kappa shape index (κ1) is 15.9. The zero-order valence-electron chi connectivity index (χ0n) is 11.6. The Morgan fingerprint density at radius 1 is 1.37 bits per heavy atom. The number of rotatable bonds is 8. The fourth-order valence-electron chi connectivity index (χ4n) is 1.81. The molecule has 2 atom stereocenters. The molecule has 0 bridgehead atoms. The van der Waals surface area contributed by atoms with Crippen LogP contribution in [0.5, 0.6) is 0 Å². The van der Waals surface area contributed by atoms with Crippen molar-refractivity contribution >= 4 is 5.69 Å². The molecule has 0 fully saturated rings. The van der Waals surface area contributed by atoms with Crippen LogP contribution in [-0.2, 0) is 0 Å². The van der Waals surface area contributed by atoms with E-state index in [9.17, 15) is 9.50 Å². The Kier molecular flexibility index (Phi) is 6.77. The predicted molar refractivity (Wildman–Crippen MR) is 77.2 cm³/mol. The second-order valence-electron chi connectivity index (χ2n) is 4.63. The van der Waals surface area contributed by atoms with Crippen LogP contribution in [0.2, 0.25) is 0 Å². The molecule has 0 spiro atoms. The van der Waals surface area contributed by atoms with Gasteiger partial charge in [0, 0.05) is 25.8 Å². The average molecular weight is 269 g/mol. The molecule has 0 aromatic heterocycles. The van der Waals surface area contributed by atoms with E-state index in [1.165, 1.54) is 0 Å². The number of nitrogens with zero attached hydrogens (tertiary/aromatic N) is 1. The van der Waals surface area contributed by atoms with Crippen molar-refractivity contribution in [2.24, 2.45) is 5.73 Å². The topological polar surface area (TPSA) is 61.5 Å². The first-order chi connectivity index (χ1) is 9.10. The first-order valence-corrected chi connectivity index (χ1v) is 6.61. The summed E-state index contributed by atoms with van der Waals surface area (Å²) in [5, 5.41) is 13.1. The van der Waals surface area contributed by atoms with Crippen LogP contribution in [0, 0.1) is 0 Å². The van der Waals surface area contributed by atoms with Gasteiger partial charge in [0.15, 0.2) is 0 Å². The Morgan fingerprint density at radius 3 is 2.53 bits per heavy atom. The number of nitrogens with one attached hydrogen (secondary N) is 1. The van der Waals surface area contributed by atoms with Crippen LogP contribution in [0.3, 0.4) is 0 Å². The number of alkyl halides is 1. The van der Waals surface area contributed by atoms with E-state index in [1.807, 2.05) is 19.2 Å². The maximum Gasteiger partial charge on any atom is 0.107 e. The maximum atomic E-state index is 12.4. The number of anilines is 1. The van der Waals surface area contributed by atoms with Crippen molar-refractivity contribution in [2.75, 3.05) is 38.3 Å². The van der Waals surface area contributed by atoms with Gasteiger partial charge >= 0.3 is 0 Å². The summed E-state index contributed by atoms with van der Waals surface area (Å²) in [6, 6.07) is 6.54. The van der Waals surface area contributed by atoms with Gasteiger partial charge in [-0.3, -0.25) is 0 Å². The molecule has 19 heavy (non-hydrogen) atoms. The fraction of sp³-hybridized carbons (Fsp3) is 0.571. The Morgan fingerprint density at radius 2 is 2.00 bits per heavy atom. The minimum absolute atomic E-state index is 0.647. The summed E-state index contributed by atoms with van der Waals surface area (Å²) in [7, 11) is 2.01. The van der Waals surface area contributed by atoms with Crippen molar-refractivity contribution in [3.8, 4) is 0 Å². The van der Waals surface area contributed by atoms with Gasteiger partial charge in [0.25, 0.3) is 0 Å². The van der Waals surface area contributed by atoms with Crippen molar-refractivity contribution in [2.45, 2.75) is 19.1 Å². The smallest absolute Gasteiger partial charge is 0.107 e. The Bertz CT molecular complexity index is 358. The molecule has 4 N–H and O–H groups in total. The monoisotopic (exact) mass is 269 g/mol. The van der Waals surface area contributed by atoms with Gasteiger partial charge in [0.1, 0.15) is 6.67 Å². The third-order valence-corrected chi connectivity index (χ3v) is 3.13. The summed E-state index contributed by atoms with van der Waals surface area (Å²) < 4.78 is 12.4. The number of likely N-dealkylation sites (N-methyl/N-ethyl adjacent to an activating group) is 2. The molecule has 0 heterocycles. The highest BCUT2D eigenvalue weighted by Crippen LogP contribution is 2.20. The summed E-state index contributed by atoms with van der Waals surface area (Å²) in [5.41, 5.74) is 7.19. The molecular weight excluding hydrogens is 245 g/mol. The lowest BCUT2D eigenvalue weighted by atomic mass is 10.0. The molecule has 0 aliphatic heterocycles. The lowest BCUT2D eigenvalue weighted by Crippen LogP contribution is -2.30. The van der Waals surface area contributed by atoms with Crippen molar-refractivity contribution in [3.63, 3.8) is 0 Å². The quantitative estimate of drug-likeness (QED) is 0.618. The summed E-state index contributed by atoms with van der Waals surface area (Å²) in [5.74, 6) is 0. The zero-order chi connectivity index (χ0) is 14.3. The minimum atomic E-state index is -0.953. The van der Waals surface area contributed by atoms with Crippen LogP contribution in [0.1, 0.15) is 18.6 Å². The van der Waals surface area contributed by atoms with E-state index in [4.69, 9.17) is 5.73 Å². The number of halogens is 1. The van der Waals surface area contributed by atoms with E-state index < -0.39 is 18.8 Å². The van der Waals surface area contributed by atoms with Crippen LogP contribution in [0.4, 0.5) is 10.1 Å². The van der Waals surface area contributed by atoms with E-state index in [0.29, 0.717) is 5.56 Å². The second kappa shape index (κ2) is 8.09. The highest BCUT2D eigenvalue weighted by Gasteiger charge is 2.16. The van der Waals surface area contributed by atoms with Crippen molar-refractivity contribution in [3.05, 3.63) is 29.8 Å². The van der Waals surface area contributed by atoms with Crippen molar-refractivity contribution in [1.29, 1.82) is 0 Å². The van der Waals surface area contributed by atoms with Gasteiger partial charge in [-0.15, -0.1) is 0 Å². The molecule has 1 aromatic rings. The molecule has 0 aliphatic rings. The van der Waals surface area contributed by atoms with Gasteiger partial charge in [-0.1, -0.05) is 19.1 Å². The standard InChI is InChI=1S/C14H24FN3O/c1-3-17-8-9-18(2)12-6-4-11(5-7-12)14(19)13(16)10-15/h4-7,13-14,17,19H,3,8-10,16H2,1-2H3. The second-order valence-corrected chi connectivity index (χ2v) is 4.63. The highest BCUT2D eigenvalue weighted by molar-refractivity contribution is 5.47. The summed E-state index contributed by atoms with van der Waals surface area (Å²) >= 11 is 0. The van der Waals surface area contributed by atoms with E-state index in [-0.39, 0.29) is 0 Å². The number of aliphatic hydroxyl groups excluding tert-OH is 1. The maximum absolute atomic E-state index is 12.4. The first-order valence-electron chi connectivity index (χ1n) is 6.61. The lowest BCUT2D eigenvalue weighted by Gasteiger charge is -2.21. The molecule has 0 aliphatic carbocycles. The zero-order valence-corrected chi connectivity index (χ0v) is 11.6. The van der Waals surface area contributed by atoms with Crippen LogP contribution in [0.25, 0.3) is 0 Å². The average Bonchev–Trinajstić information content (AvgIpc) is 2.46. The van der Waals surface area contributed by atoms with Crippen LogP contribution < -0.4 is 16.0 Å². The van der Waals surface area contributed by atoms with Crippen LogP contribution >= 0.6 is 0 Å². The molecule has 5 heteroatoms. The Hall–Kier alpha value is -1.17. The number of hydrogen-bond acceptors (Lipinski definition) is 4. The number of nitrogens with two attached hydrogens (primary N) is 1. The molecule has 108 valence electrons. The van der Waals surface area contributed by atoms with Gasteiger partial charge < -0.3 is 21.1 Å². The molecule has 0 saturated carbocycles. The van der Waals surface area contributed by atoms with Crippen molar-refractivity contribution in [1.82, 2.24) is 5.32 Å². The van der Waals surface area contributed by atoms with Gasteiger partial charge in [-0.25, -0.2) is 4.39 Å². The molecule has 2 unspecified atom stereocenters. The predicted octanol–water partition coefficient (Wildman–Crippen LogP) is 1.06. The SMILES string of the molecule is CCNCCN(C)c1ccc(C(O)C(N)CF)cc1. The lowest BCUT2D eigenvalue weighted by molar-refractivity contribution is 0.132. The molecule has 0 amide bonds. The van der Waals surface area contributed by atoms with Gasteiger partial charge in [0.2, 0.25) is 0 Å². The minimum Gasteiger partial charge on any atom is -0.387 e. The summed E-state index contributed by atoms with van der Waals surface area (Å²) in [6.07, 6.45) is -0.953. The van der Waals surface area contributed by atoms with E-state index in [0.717, 1.165) is 25.3 Å². The largest absolute Gasteiger partial charge is 0.387 e. The fourth-order valence-corrected chi connectivity index (χ4v) is 1.81. The summed E-state index contributed by atoms with van der Waals surface area (Å²) in [4.78, 5) is 2.12. The Labute approximate surface area is 114 Å². The Balaban J connectivity index is 2.60. The molecule has 0 radical (unpaired) electrons. The van der Waals surface area contributed by atoms with E-state index in [1.54, 1.807) is 12.1 Å². The van der Waals surface area contributed by atoms with Gasteiger partial charge in [-0.05, 0) is 24.2 Å². The third-order valence-electron chi connectivity index (χ3n) is 3.13. The highest BCUT2D eigenvalue weighted by atomic mass is 19.1. The molecule has 1 rings (SSSR count). The molecular formula is C14H24FN3O. The van der Waals surface area contributed by atoms with E-state index >= 15 is 0 Å². The van der Waals surface area contributed by atoms with E-state index in [2.05, 4.69) is 17.1 Å². The molecule has 4 nitrogen and oxygen atoms in total. The van der Waals surface area contributed by atoms with Crippen LogP contribution in [0.15, 0.2) is 24.3 Å². The number of benzene rings is 1. The van der Waals surface area contributed by atoms with Gasteiger partial charge in [0.05, 0.1) is 12.1 Å². The molecule has 0 saturated heterocycles. The number of aliphatic hydroxyl groups is 1. The van der Waals surface area contributed by atoms with Gasteiger partial charge in [-0.2, -0.15) is 0 Å². The summed E-state index contributed by atoms with van der Waals surface area (Å²) in [6.45, 7) is 4.12. The third kappa shape index (κ3) is 4.78. The van der Waals surface area contributed by atoms with Crippen LogP contribution in [-0.4, -0.2) is 44.5 Å². The van der Waals surface area contributed by atoms with Crippen molar-refractivity contribution < 1.29 is 9.50 Å².